The highest BCUT2D eigenvalue weighted by Gasteiger charge is 2.41. The number of aliphatic hydroxyl groups is 1. The summed E-state index contributed by atoms with van der Waals surface area (Å²) in [5.74, 6) is -1.30. The van der Waals surface area contributed by atoms with E-state index in [0.717, 1.165) is 6.20 Å². The number of imidazole rings is 1. The van der Waals surface area contributed by atoms with Gasteiger partial charge in [0.15, 0.2) is 11.6 Å². The Kier molecular flexibility index (Phi) is 6.91. The molecule has 0 aromatic carbocycles. The predicted molar refractivity (Wildman–Crippen MR) is 99.3 cm³/mol. The number of carboxylic acid groups (broad SMARTS) is 1. The van der Waals surface area contributed by atoms with Crippen LogP contribution in [0.3, 0.4) is 0 Å². The molecule has 2 rings (SSSR count). The van der Waals surface area contributed by atoms with Crippen molar-refractivity contribution in [2.24, 2.45) is 0 Å². The number of nitro groups is 1. The van der Waals surface area contributed by atoms with Crippen LogP contribution >= 0.6 is 0 Å². The standard InChI is InChI=1S/C17H23N5O7/c1-10(23)14-15(24)12(5-3-4-6-18-17(26)27)21(16(14)25)8-7-20-11(2)19-9-13(20)22(28)29/h9,12,18,24H,3-8H2,1-2H3,(H,26,27). The maximum Gasteiger partial charge on any atom is 0.404 e. The molecule has 12 nitrogen and oxygen atoms in total. The maximum absolute atomic E-state index is 12.6. The lowest BCUT2D eigenvalue weighted by Crippen LogP contribution is -2.38. The van der Waals surface area contributed by atoms with Gasteiger partial charge in [0.1, 0.15) is 24.1 Å². The number of rotatable bonds is 10. The Morgan fingerprint density at radius 3 is 2.62 bits per heavy atom. The minimum Gasteiger partial charge on any atom is -0.509 e. The van der Waals surface area contributed by atoms with Crippen molar-refractivity contribution in [3.8, 4) is 0 Å². The number of amides is 2. The second kappa shape index (κ2) is 9.17. The average Bonchev–Trinajstić information content (AvgIpc) is 3.10. The van der Waals surface area contributed by atoms with E-state index in [1.807, 2.05) is 0 Å². The summed E-state index contributed by atoms with van der Waals surface area (Å²) in [4.78, 5) is 50.7. The molecule has 29 heavy (non-hydrogen) atoms. The molecule has 1 aliphatic heterocycles. The van der Waals surface area contributed by atoms with Crippen LogP contribution in [0, 0.1) is 17.0 Å². The summed E-state index contributed by atoms with van der Waals surface area (Å²) in [7, 11) is 0. The fourth-order valence-electron chi connectivity index (χ4n) is 3.33. The first kappa shape index (κ1) is 21.9. The lowest BCUT2D eigenvalue weighted by Gasteiger charge is -2.25. The number of Topliss-reactive ketones (excluding diaryl/α,β-unsaturated/α-hetero) is 1. The van der Waals surface area contributed by atoms with Crippen molar-refractivity contribution in [2.75, 3.05) is 13.1 Å². The van der Waals surface area contributed by atoms with Gasteiger partial charge >= 0.3 is 11.9 Å². The highest BCUT2D eigenvalue weighted by molar-refractivity contribution is 6.20. The van der Waals surface area contributed by atoms with E-state index >= 15 is 0 Å². The van der Waals surface area contributed by atoms with Crippen molar-refractivity contribution in [2.45, 2.75) is 45.7 Å². The maximum atomic E-state index is 12.6. The monoisotopic (exact) mass is 409 g/mol. The summed E-state index contributed by atoms with van der Waals surface area (Å²) < 4.78 is 1.35. The van der Waals surface area contributed by atoms with Crippen LogP contribution in [0.5, 0.6) is 0 Å². The number of nitrogens with one attached hydrogen (secondary N) is 1. The molecule has 0 bridgehead atoms. The molecule has 0 saturated carbocycles. The van der Waals surface area contributed by atoms with Crippen LogP contribution in [0.25, 0.3) is 0 Å². The molecule has 1 atom stereocenters. The highest BCUT2D eigenvalue weighted by Crippen LogP contribution is 2.28. The smallest absolute Gasteiger partial charge is 0.404 e. The molecule has 2 amide bonds. The van der Waals surface area contributed by atoms with Gasteiger partial charge in [0, 0.05) is 13.5 Å². The first-order valence-electron chi connectivity index (χ1n) is 9.03. The summed E-state index contributed by atoms with van der Waals surface area (Å²) in [5, 5.41) is 32.4. The topological polar surface area (TPSA) is 168 Å². The van der Waals surface area contributed by atoms with E-state index in [-0.39, 0.29) is 36.8 Å². The molecule has 1 aromatic heterocycles. The van der Waals surface area contributed by atoms with Crippen LogP contribution in [-0.4, -0.2) is 66.5 Å². The van der Waals surface area contributed by atoms with Crippen molar-refractivity contribution < 1.29 is 29.5 Å². The number of aromatic nitrogens is 2. The quantitative estimate of drug-likeness (QED) is 0.224. The largest absolute Gasteiger partial charge is 0.509 e. The van der Waals surface area contributed by atoms with Gasteiger partial charge in [-0.2, -0.15) is 0 Å². The van der Waals surface area contributed by atoms with Crippen LogP contribution in [0.4, 0.5) is 10.6 Å². The van der Waals surface area contributed by atoms with Gasteiger partial charge in [-0.05, 0) is 31.1 Å². The molecule has 3 N–H and O–H groups in total. The molecular weight excluding hydrogens is 386 g/mol. The molecule has 0 spiro atoms. The molecule has 0 aliphatic carbocycles. The third-order valence-corrected chi connectivity index (χ3v) is 4.74. The number of hydrogen-bond acceptors (Lipinski definition) is 7. The van der Waals surface area contributed by atoms with Crippen LogP contribution in [-0.2, 0) is 16.1 Å². The van der Waals surface area contributed by atoms with Gasteiger partial charge in [-0.3, -0.25) is 9.59 Å². The zero-order valence-corrected chi connectivity index (χ0v) is 16.1. The van der Waals surface area contributed by atoms with E-state index in [2.05, 4.69) is 10.3 Å². The van der Waals surface area contributed by atoms with E-state index in [0.29, 0.717) is 25.1 Å². The van der Waals surface area contributed by atoms with Crippen LogP contribution < -0.4 is 5.32 Å². The van der Waals surface area contributed by atoms with Gasteiger partial charge in [-0.15, -0.1) is 0 Å². The van der Waals surface area contributed by atoms with E-state index in [1.54, 1.807) is 6.92 Å². The number of aliphatic hydroxyl groups excluding tert-OH is 1. The minimum atomic E-state index is -1.14. The number of ketones is 1. The Bertz CT molecular complexity index is 860. The molecule has 1 aliphatic rings. The normalized spacial score (nSPS) is 16.4. The third kappa shape index (κ3) is 4.89. The van der Waals surface area contributed by atoms with Gasteiger partial charge in [0.2, 0.25) is 0 Å². The van der Waals surface area contributed by atoms with Gasteiger partial charge in [0.25, 0.3) is 5.91 Å². The highest BCUT2D eigenvalue weighted by atomic mass is 16.6. The Morgan fingerprint density at radius 2 is 2.03 bits per heavy atom. The number of nitrogens with zero attached hydrogens (tertiary/aromatic N) is 4. The molecule has 1 unspecified atom stereocenters. The first-order chi connectivity index (χ1) is 13.6. The fraction of sp³-hybridized carbons (Fsp3) is 0.529. The lowest BCUT2D eigenvalue weighted by molar-refractivity contribution is -0.392. The van der Waals surface area contributed by atoms with Gasteiger partial charge < -0.3 is 30.5 Å². The van der Waals surface area contributed by atoms with Crippen molar-refractivity contribution in [1.82, 2.24) is 19.8 Å². The second-order valence-electron chi connectivity index (χ2n) is 6.63. The summed E-state index contributed by atoms with van der Waals surface area (Å²) in [6.45, 7) is 3.12. The fourth-order valence-corrected chi connectivity index (χ4v) is 3.33. The Labute approximate surface area is 166 Å². The van der Waals surface area contributed by atoms with Crippen molar-refractivity contribution in [3.63, 3.8) is 0 Å². The average molecular weight is 409 g/mol. The summed E-state index contributed by atoms with van der Waals surface area (Å²) >= 11 is 0. The zero-order chi connectivity index (χ0) is 21.7. The molecule has 0 saturated heterocycles. The molecule has 158 valence electrons. The van der Waals surface area contributed by atoms with Gasteiger partial charge in [-0.25, -0.2) is 14.3 Å². The van der Waals surface area contributed by atoms with Gasteiger partial charge in [-0.1, -0.05) is 0 Å². The molecule has 0 fully saturated rings. The second-order valence-corrected chi connectivity index (χ2v) is 6.63. The predicted octanol–water partition coefficient (Wildman–Crippen LogP) is 1.15. The summed E-state index contributed by atoms with van der Waals surface area (Å²) in [6, 6.07) is -0.742. The van der Waals surface area contributed by atoms with Crippen LogP contribution in [0.2, 0.25) is 0 Å². The Morgan fingerprint density at radius 1 is 1.34 bits per heavy atom. The van der Waals surface area contributed by atoms with E-state index in [4.69, 9.17) is 5.11 Å². The van der Waals surface area contributed by atoms with Gasteiger partial charge in [0.05, 0.1) is 12.6 Å². The van der Waals surface area contributed by atoms with E-state index in [9.17, 15) is 29.6 Å². The lowest BCUT2D eigenvalue weighted by atomic mass is 10.1. The Balaban J connectivity index is 2.12. The third-order valence-electron chi connectivity index (χ3n) is 4.74. The number of carbonyl (C=O) groups is 3. The van der Waals surface area contributed by atoms with Crippen molar-refractivity contribution >= 4 is 23.6 Å². The molecule has 1 aromatic rings. The van der Waals surface area contributed by atoms with Crippen molar-refractivity contribution in [1.29, 1.82) is 0 Å². The zero-order valence-electron chi connectivity index (χ0n) is 16.1. The summed E-state index contributed by atoms with van der Waals surface area (Å²) in [6.07, 6.45) is 1.29. The molecular formula is C17H23N5O7. The molecule has 0 radical (unpaired) electrons. The SMILES string of the molecule is CC(=O)C1=C(O)C(CCCCNC(=O)O)N(CCn2c([N+](=O)[O-])cnc2C)C1=O. The molecule has 2 heterocycles. The number of unbranched alkanes of at least 4 members (excludes halogenated alkanes) is 1. The Hall–Kier alpha value is -3.44. The molecule has 12 heteroatoms. The van der Waals surface area contributed by atoms with Crippen LogP contribution in [0.15, 0.2) is 17.5 Å². The number of hydrogen-bond donors (Lipinski definition) is 3. The number of carbonyl (C=O) groups excluding carboxylic acids is 2. The minimum absolute atomic E-state index is 0.0375. The number of aryl methyl sites for hydroxylation is 1. The first-order valence-corrected chi connectivity index (χ1v) is 9.03. The van der Waals surface area contributed by atoms with E-state index in [1.165, 1.54) is 16.4 Å². The van der Waals surface area contributed by atoms with Crippen LogP contribution in [0.1, 0.15) is 32.0 Å². The van der Waals surface area contributed by atoms with E-state index < -0.39 is 28.7 Å². The van der Waals surface area contributed by atoms with Crippen molar-refractivity contribution in [3.05, 3.63) is 33.5 Å². The summed E-state index contributed by atoms with van der Waals surface area (Å²) in [5.41, 5.74) is -0.282.